The topological polar surface area (TPSA) is 145 Å². The summed E-state index contributed by atoms with van der Waals surface area (Å²) in [4.78, 5) is 0.0374. The van der Waals surface area contributed by atoms with Crippen LogP contribution in [0.1, 0.15) is 22.3 Å². The number of hydrogen-bond donors (Lipinski definition) is 2. The Kier molecular flexibility index (Phi) is 7.70. The highest BCUT2D eigenvalue weighted by molar-refractivity contribution is 7.89. The van der Waals surface area contributed by atoms with Gasteiger partial charge in [0.1, 0.15) is 0 Å². The van der Waals surface area contributed by atoms with Crippen molar-refractivity contribution in [3.05, 3.63) is 107 Å². The molecule has 38 heavy (non-hydrogen) atoms. The summed E-state index contributed by atoms with van der Waals surface area (Å²) >= 11 is 0. The molecular weight excluding hydrogens is 520 g/mol. The molecule has 4 rings (SSSR count). The van der Waals surface area contributed by atoms with Crippen LogP contribution in [0, 0.1) is 13.8 Å². The molecule has 194 valence electrons. The maximum atomic E-state index is 12.2. The summed E-state index contributed by atoms with van der Waals surface area (Å²) in [5, 5.41) is 19.3. The Morgan fingerprint density at radius 1 is 0.553 bits per heavy atom. The van der Waals surface area contributed by atoms with Gasteiger partial charge in [-0.2, -0.15) is 10.2 Å². The predicted molar refractivity (Wildman–Crippen MR) is 151 cm³/mol. The molecule has 0 heterocycles. The number of benzene rings is 4. The molecule has 0 amide bonds. The summed E-state index contributed by atoms with van der Waals surface area (Å²) in [5.74, 6) is 0. The molecule has 0 atom stereocenters. The highest BCUT2D eigenvalue weighted by atomic mass is 32.2. The minimum atomic E-state index is -3.95. The zero-order chi connectivity index (χ0) is 27.5. The first-order valence-corrected chi connectivity index (χ1v) is 14.6. The fraction of sp³-hybridized carbons (Fsp3) is 0.0714. The van der Waals surface area contributed by atoms with Gasteiger partial charge in [-0.3, -0.25) is 0 Å². The minimum absolute atomic E-state index is 0.0187. The molecule has 0 spiro atoms. The number of primary sulfonamides is 2. The molecule has 0 saturated carbocycles. The number of hydrogen-bond acceptors (Lipinski definition) is 6. The molecule has 0 aromatic heterocycles. The molecule has 4 aromatic carbocycles. The molecule has 10 heteroatoms. The molecule has 0 fully saturated rings. The van der Waals surface area contributed by atoms with Crippen molar-refractivity contribution in [1.82, 2.24) is 0 Å². The molecule has 4 aromatic rings. The number of sulfonamides is 2. The van der Waals surface area contributed by atoms with Crippen LogP contribution < -0.4 is 10.3 Å². The Bertz CT molecular complexity index is 1660. The lowest BCUT2D eigenvalue weighted by Crippen LogP contribution is -2.13. The third-order valence-electron chi connectivity index (χ3n) is 5.85. The summed E-state index contributed by atoms with van der Waals surface area (Å²) in [5.41, 5.74) is 5.26. The van der Waals surface area contributed by atoms with Crippen molar-refractivity contribution >= 4 is 32.5 Å². The Balaban J connectivity index is 1.73. The zero-order valence-corrected chi connectivity index (χ0v) is 22.4. The third kappa shape index (κ3) is 6.12. The van der Waals surface area contributed by atoms with Crippen molar-refractivity contribution in [1.29, 1.82) is 0 Å². The Morgan fingerprint density at radius 3 is 1.29 bits per heavy atom. The average molecular weight is 547 g/mol. The molecule has 0 aliphatic carbocycles. The SMILES string of the molecule is Cc1ccc(S(N)(=O)=O)c(-c2ccccc2C=NN=Cc2ccccc2-c2cc(C)ccc2S(N)(=O)=O)c1. The third-order valence-corrected chi connectivity index (χ3v) is 7.78. The van der Waals surface area contributed by atoms with Gasteiger partial charge in [0.2, 0.25) is 20.0 Å². The van der Waals surface area contributed by atoms with E-state index in [2.05, 4.69) is 10.2 Å². The van der Waals surface area contributed by atoms with E-state index < -0.39 is 20.0 Å². The van der Waals surface area contributed by atoms with E-state index >= 15 is 0 Å². The first kappa shape index (κ1) is 27.1. The largest absolute Gasteiger partial charge is 0.238 e. The van der Waals surface area contributed by atoms with Gasteiger partial charge in [0.25, 0.3) is 0 Å². The van der Waals surface area contributed by atoms with E-state index in [1.807, 2.05) is 26.0 Å². The fourth-order valence-electron chi connectivity index (χ4n) is 4.11. The van der Waals surface area contributed by atoms with E-state index in [0.29, 0.717) is 33.4 Å². The van der Waals surface area contributed by atoms with Crippen LogP contribution in [0.2, 0.25) is 0 Å². The first-order valence-electron chi connectivity index (χ1n) is 11.5. The highest BCUT2D eigenvalue weighted by Crippen LogP contribution is 2.31. The van der Waals surface area contributed by atoms with Gasteiger partial charge in [0.05, 0.1) is 22.2 Å². The number of nitrogens with zero attached hydrogens (tertiary/aromatic N) is 2. The van der Waals surface area contributed by atoms with E-state index in [0.717, 1.165) is 11.1 Å². The van der Waals surface area contributed by atoms with Crippen LogP contribution in [0.5, 0.6) is 0 Å². The maximum absolute atomic E-state index is 12.2. The second kappa shape index (κ2) is 10.8. The molecule has 4 N–H and O–H groups in total. The normalized spacial score (nSPS) is 12.4. The van der Waals surface area contributed by atoms with Crippen molar-refractivity contribution in [2.45, 2.75) is 23.6 Å². The van der Waals surface area contributed by atoms with Crippen LogP contribution >= 0.6 is 0 Å². The molecular formula is C28H26N4O4S2. The van der Waals surface area contributed by atoms with Gasteiger partial charge < -0.3 is 0 Å². The standard InChI is InChI=1S/C28H26N4O4S2/c1-19-11-13-27(37(29,33)34)25(15-19)23-9-5-3-7-21(23)17-31-32-18-22-8-4-6-10-24(22)26-16-20(2)12-14-28(26)38(30,35)36/h3-18H,1-2H3,(H2,29,33,34)(H2,30,35,36). The summed E-state index contributed by atoms with van der Waals surface area (Å²) in [6.07, 6.45) is 3.04. The van der Waals surface area contributed by atoms with Crippen LogP contribution in [0.15, 0.2) is 105 Å². The van der Waals surface area contributed by atoms with E-state index in [-0.39, 0.29) is 9.79 Å². The minimum Gasteiger partial charge on any atom is -0.225 e. The van der Waals surface area contributed by atoms with Gasteiger partial charge in [-0.05, 0) is 37.1 Å². The van der Waals surface area contributed by atoms with E-state index in [1.165, 1.54) is 24.6 Å². The lowest BCUT2D eigenvalue weighted by atomic mass is 9.98. The zero-order valence-electron chi connectivity index (χ0n) is 20.7. The van der Waals surface area contributed by atoms with E-state index in [4.69, 9.17) is 10.3 Å². The molecule has 0 bridgehead atoms. The molecule has 0 aliphatic rings. The number of aryl methyl sites for hydroxylation is 2. The quantitative estimate of drug-likeness (QED) is 0.262. The Hall–Kier alpha value is -3.96. The lowest BCUT2D eigenvalue weighted by molar-refractivity contribution is 0.596. The number of nitrogens with two attached hydrogens (primary N) is 2. The molecule has 0 saturated heterocycles. The second-order valence-electron chi connectivity index (χ2n) is 8.75. The van der Waals surface area contributed by atoms with Gasteiger partial charge in [-0.15, -0.1) is 0 Å². The molecule has 0 unspecified atom stereocenters. The van der Waals surface area contributed by atoms with E-state index in [9.17, 15) is 16.8 Å². The summed E-state index contributed by atoms with van der Waals surface area (Å²) in [7, 11) is -7.90. The Morgan fingerprint density at radius 2 is 0.921 bits per heavy atom. The van der Waals surface area contributed by atoms with Gasteiger partial charge in [0.15, 0.2) is 0 Å². The predicted octanol–water partition coefficient (Wildman–Crippen LogP) is 4.39. The smallest absolute Gasteiger partial charge is 0.225 e. The number of rotatable bonds is 7. The summed E-state index contributed by atoms with van der Waals surface area (Å²) < 4.78 is 48.8. The van der Waals surface area contributed by atoms with Gasteiger partial charge in [-0.25, -0.2) is 27.1 Å². The van der Waals surface area contributed by atoms with Crippen LogP contribution in [-0.2, 0) is 20.0 Å². The van der Waals surface area contributed by atoms with Gasteiger partial charge in [-0.1, -0.05) is 83.9 Å². The lowest BCUT2D eigenvalue weighted by Gasteiger charge is -2.12. The van der Waals surface area contributed by atoms with Crippen LogP contribution in [-0.4, -0.2) is 29.3 Å². The van der Waals surface area contributed by atoms with Crippen molar-refractivity contribution in [3.63, 3.8) is 0 Å². The van der Waals surface area contributed by atoms with Crippen LogP contribution in [0.4, 0.5) is 0 Å². The first-order chi connectivity index (χ1) is 17.9. The second-order valence-corrected chi connectivity index (χ2v) is 11.8. The van der Waals surface area contributed by atoms with E-state index in [1.54, 1.807) is 60.7 Å². The van der Waals surface area contributed by atoms with Crippen LogP contribution in [0.25, 0.3) is 22.3 Å². The summed E-state index contributed by atoms with van der Waals surface area (Å²) in [6.45, 7) is 3.73. The monoisotopic (exact) mass is 546 g/mol. The van der Waals surface area contributed by atoms with Crippen molar-refractivity contribution in [2.24, 2.45) is 20.5 Å². The van der Waals surface area contributed by atoms with Crippen LogP contribution in [0.3, 0.4) is 0 Å². The molecule has 8 nitrogen and oxygen atoms in total. The van der Waals surface area contributed by atoms with Gasteiger partial charge >= 0.3 is 0 Å². The summed E-state index contributed by atoms with van der Waals surface area (Å²) in [6, 6.07) is 24.3. The maximum Gasteiger partial charge on any atom is 0.238 e. The molecule has 0 radical (unpaired) electrons. The van der Waals surface area contributed by atoms with Crippen molar-refractivity contribution < 1.29 is 16.8 Å². The van der Waals surface area contributed by atoms with Gasteiger partial charge in [0, 0.05) is 22.3 Å². The van der Waals surface area contributed by atoms with Crippen molar-refractivity contribution in [2.75, 3.05) is 0 Å². The van der Waals surface area contributed by atoms with Crippen molar-refractivity contribution in [3.8, 4) is 22.3 Å². The highest BCUT2D eigenvalue weighted by Gasteiger charge is 2.18. The molecule has 0 aliphatic heterocycles. The fourth-order valence-corrected chi connectivity index (χ4v) is 5.57. The Labute approximate surface area is 222 Å². The average Bonchev–Trinajstić information content (AvgIpc) is 2.85.